The zero-order valence-electron chi connectivity index (χ0n) is 14.4. The maximum Gasteiger partial charge on any atom is 0.408 e. The van der Waals surface area contributed by atoms with Crippen molar-refractivity contribution in [2.45, 2.75) is 58.2 Å². The Kier molecular flexibility index (Phi) is 6.37. The molecule has 1 aliphatic rings. The summed E-state index contributed by atoms with van der Waals surface area (Å²) in [6, 6.07) is -0.686. The number of alkyl carbamates (subject to hydrolysis) is 1. The van der Waals surface area contributed by atoms with Gasteiger partial charge in [-0.05, 0) is 34.6 Å². The summed E-state index contributed by atoms with van der Waals surface area (Å²) in [5, 5.41) is 5.45. The Bertz CT molecular complexity index is 459. The topological polar surface area (TPSA) is 103 Å². The van der Waals surface area contributed by atoms with Crippen molar-refractivity contribution in [3.8, 4) is 0 Å². The first-order chi connectivity index (χ1) is 10.6. The predicted molar refractivity (Wildman–Crippen MR) is 81.8 cm³/mol. The van der Waals surface area contributed by atoms with Gasteiger partial charge in [0.15, 0.2) is 5.54 Å². The summed E-state index contributed by atoms with van der Waals surface area (Å²) < 4.78 is 15.2. The number of hydrogen-bond donors (Lipinski definition) is 2. The van der Waals surface area contributed by atoms with E-state index < -0.39 is 35.2 Å². The van der Waals surface area contributed by atoms with Crippen molar-refractivity contribution in [3.05, 3.63) is 0 Å². The second kappa shape index (κ2) is 7.63. The quantitative estimate of drug-likeness (QED) is 0.566. The first-order valence-electron chi connectivity index (χ1n) is 7.72. The van der Waals surface area contributed by atoms with Crippen molar-refractivity contribution in [3.63, 3.8) is 0 Å². The zero-order chi connectivity index (χ0) is 17.7. The van der Waals surface area contributed by atoms with E-state index in [1.807, 2.05) is 0 Å². The molecule has 0 aromatic rings. The van der Waals surface area contributed by atoms with Gasteiger partial charge in [0, 0.05) is 13.0 Å². The lowest BCUT2D eigenvalue weighted by Crippen LogP contribution is -2.57. The highest BCUT2D eigenvalue weighted by Gasteiger charge is 2.50. The minimum atomic E-state index is -1.35. The lowest BCUT2D eigenvalue weighted by atomic mass is 9.96. The molecule has 2 atom stereocenters. The Hall–Kier alpha value is -1.83. The molecule has 0 aliphatic carbocycles. The summed E-state index contributed by atoms with van der Waals surface area (Å²) in [7, 11) is 0. The molecule has 0 radical (unpaired) electrons. The van der Waals surface area contributed by atoms with Crippen LogP contribution in [0.3, 0.4) is 0 Å². The molecule has 2 N–H and O–H groups in total. The molecule has 0 aromatic heterocycles. The van der Waals surface area contributed by atoms with Gasteiger partial charge in [0.05, 0.1) is 13.2 Å². The third kappa shape index (κ3) is 5.38. The number of amides is 1. The van der Waals surface area contributed by atoms with Crippen LogP contribution in [0.15, 0.2) is 0 Å². The number of rotatable bonds is 5. The van der Waals surface area contributed by atoms with Crippen LogP contribution >= 0.6 is 0 Å². The van der Waals surface area contributed by atoms with Crippen LogP contribution in [0, 0.1) is 0 Å². The highest BCUT2D eigenvalue weighted by molar-refractivity contribution is 5.89. The van der Waals surface area contributed by atoms with E-state index in [2.05, 4.69) is 10.6 Å². The first kappa shape index (κ1) is 19.2. The van der Waals surface area contributed by atoms with Gasteiger partial charge in [0.1, 0.15) is 11.6 Å². The summed E-state index contributed by atoms with van der Waals surface area (Å²) in [5.41, 5.74) is -2.05. The predicted octanol–water partition coefficient (Wildman–Crippen LogP) is 0.738. The monoisotopic (exact) mass is 330 g/mol. The van der Waals surface area contributed by atoms with E-state index in [-0.39, 0.29) is 26.2 Å². The molecule has 1 heterocycles. The third-order valence-electron chi connectivity index (χ3n) is 3.18. The van der Waals surface area contributed by atoms with Crippen molar-refractivity contribution < 1.29 is 28.6 Å². The average Bonchev–Trinajstić information content (AvgIpc) is 2.82. The molecular formula is C15H26N2O6. The molecule has 0 spiro atoms. The molecule has 1 amide bonds. The average molecular weight is 330 g/mol. The van der Waals surface area contributed by atoms with Gasteiger partial charge in [-0.2, -0.15) is 0 Å². The smallest absolute Gasteiger partial charge is 0.408 e. The van der Waals surface area contributed by atoms with E-state index in [0.29, 0.717) is 0 Å². The highest BCUT2D eigenvalue weighted by Crippen LogP contribution is 2.23. The molecule has 0 bridgehead atoms. The number of nitrogens with one attached hydrogen (secondary N) is 2. The molecule has 23 heavy (non-hydrogen) atoms. The molecule has 1 rings (SSSR count). The molecule has 8 heteroatoms. The Morgan fingerprint density at radius 2 is 1.78 bits per heavy atom. The molecule has 0 aromatic carbocycles. The fraction of sp³-hybridized carbons (Fsp3) is 0.800. The summed E-state index contributed by atoms with van der Waals surface area (Å²) in [6.45, 7) is 9.00. The van der Waals surface area contributed by atoms with Crippen molar-refractivity contribution in [2.75, 3.05) is 19.8 Å². The molecule has 1 unspecified atom stereocenters. The van der Waals surface area contributed by atoms with Gasteiger partial charge in [-0.1, -0.05) is 0 Å². The fourth-order valence-electron chi connectivity index (χ4n) is 2.27. The number of esters is 2. The van der Waals surface area contributed by atoms with E-state index >= 15 is 0 Å². The van der Waals surface area contributed by atoms with Crippen LogP contribution in [0.1, 0.15) is 41.0 Å². The van der Waals surface area contributed by atoms with E-state index in [9.17, 15) is 14.4 Å². The Balaban J connectivity index is 2.87. The van der Waals surface area contributed by atoms with Crippen LogP contribution in [0.4, 0.5) is 4.79 Å². The van der Waals surface area contributed by atoms with Gasteiger partial charge in [-0.25, -0.2) is 9.59 Å². The fourth-order valence-corrected chi connectivity index (χ4v) is 2.27. The minimum absolute atomic E-state index is 0.0455. The van der Waals surface area contributed by atoms with Crippen LogP contribution in [-0.2, 0) is 23.8 Å². The van der Waals surface area contributed by atoms with Gasteiger partial charge < -0.3 is 24.8 Å². The van der Waals surface area contributed by atoms with Crippen molar-refractivity contribution in [1.29, 1.82) is 0 Å². The lowest BCUT2D eigenvalue weighted by molar-refractivity contribution is -0.150. The largest absolute Gasteiger partial charge is 0.465 e. The van der Waals surface area contributed by atoms with Crippen LogP contribution < -0.4 is 10.6 Å². The zero-order valence-corrected chi connectivity index (χ0v) is 14.4. The maximum atomic E-state index is 12.3. The van der Waals surface area contributed by atoms with E-state index in [0.717, 1.165) is 0 Å². The van der Waals surface area contributed by atoms with Gasteiger partial charge in [0.2, 0.25) is 0 Å². The normalized spacial score (nSPS) is 24.0. The Morgan fingerprint density at radius 1 is 1.17 bits per heavy atom. The van der Waals surface area contributed by atoms with Gasteiger partial charge >= 0.3 is 18.0 Å². The highest BCUT2D eigenvalue weighted by atomic mass is 16.6. The molecule has 132 valence electrons. The molecular weight excluding hydrogens is 304 g/mol. The second-order valence-electron chi connectivity index (χ2n) is 6.32. The van der Waals surface area contributed by atoms with E-state index in [1.165, 1.54) is 0 Å². The van der Waals surface area contributed by atoms with E-state index in [1.54, 1.807) is 34.6 Å². The maximum absolute atomic E-state index is 12.3. The van der Waals surface area contributed by atoms with Gasteiger partial charge in [0.25, 0.3) is 0 Å². The van der Waals surface area contributed by atoms with Crippen LogP contribution in [0.5, 0.6) is 0 Å². The van der Waals surface area contributed by atoms with Gasteiger partial charge in [-0.15, -0.1) is 0 Å². The standard InChI is InChI=1S/C15H26N2O6/c1-6-21-11(18)10-8-15(9-16-10,12(19)22-7-2)17-13(20)23-14(3,4)5/h10,16H,6-9H2,1-5H3,(H,17,20)/t10?,15-/m1/s1. The first-order valence-corrected chi connectivity index (χ1v) is 7.72. The molecule has 1 aliphatic heterocycles. The Morgan fingerprint density at radius 3 is 2.30 bits per heavy atom. The summed E-state index contributed by atoms with van der Waals surface area (Å²) in [6.07, 6.45) is -0.693. The third-order valence-corrected chi connectivity index (χ3v) is 3.18. The van der Waals surface area contributed by atoms with Crippen molar-refractivity contribution >= 4 is 18.0 Å². The Labute approximate surface area is 136 Å². The lowest BCUT2D eigenvalue weighted by Gasteiger charge is -2.29. The SMILES string of the molecule is CCOC(=O)C1C[C@](NC(=O)OC(C)(C)C)(C(=O)OCC)CN1. The number of hydrogen-bond acceptors (Lipinski definition) is 7. The van der Waals surface area contributed by atoms with Crippen LogP contribution in [0.2, 0.25) is 0 Å². The van der Waals surface area contributed by atoms with Gasteiger partial charge in [-0.3, -0.25) is 4.79 Å². The van der Waals surface area contributed by atoms with E-state index in [4.69, 9.17) is 14.2 Å². The number of ether oxygens (including phenoxy) is 3. The van der Waals surface area contributed by atoms with Crippen LogP contribution in [-0.4, -0.2) is 55.0 Å². The number of carbonyl (C=O) groups excluding carboxylic acids is 3. The summed E-state index contributed by atoms with van der Waals surface area (Å²) in [5.74, 6) is -1.07. The van der Waals surface area contributed by atoms with Crippen molar-refractivity contribution in [1.82, 2.24) is 10.6 Å². The molecule has 1 fully saturated rings. The molecule has 0 saturated carbocycles. The molecule has 1 saturated heterocycles. The summed E-state index contributed by atoms with van der Waals surface area (Å²) >= 11 is 0. The summed E-state index contributed by atoms with van der Waals surface area (Å²) in [4.78, 5) is 36.2. The second-order valence-corrected chi connectivity index (χ2v) is 6.32. The minimum Gasteiger partial charge on any atom is -0.465 e. The van der Waals surface area contributed by atoms with Crippen molar-refractivity contribution in [2.24, 2.45) is 0 Å². The van der Waals surface area contributed by atoms with Crippen LogP contribution in [0.25, 0.3) is 0 Å². The number of carbonyl (C=O) groups is 3. The molecule has 8 nitrogen and oxygen atoms in total.